The summed E-state index contributed by atoms with van der Waals surface area (Å²) in [5.41, 5.74) is 6.91. The van der Waals surface area contributed by atoms with E-state index in [9.17, 15) is 9.18 Å². The van der Waals surface area contributed by atoms with Crippen LogP contribution in [0.1, 0.15) is 23.7 Å². The Hall–Kier alpha value is -1.92. The van der Waals surface area contributed by atoms with Gasteiger partial charge in [0, 0.05) is 18.7 Å². The van der Waals surface area contributed by atoms with Gasteiger partial charge in [-0.3, -0.25) is 9.89 Å². The summed E-state index contributed by atoms with van der Waals surface area (Å²) in [7, 11) is 0. The number of rotatable bonds is 3. The highest BCUT2D eigenvalue weighted by atomic mass is 35.5. The number of hydrogen-bond acceptors (Lipinski definition) is 3. The molecule has 5 nitrogen and oxygen atoms in total. The standard InChI is InChI=1S/C16H19FN4O.ClH/c1-16(9-18)6-7-21(10-16)15(22)12-8-19-20-14(12)11-4-2-3-5-13(11)17;/h2-5,8H,6-7,9-10,18H2,1H3,(H,19,20);1H. The molecule has 1 aromatic carbocycles. The van der Waals surface area contributed by atoms with Crippen LogP contribution in [0.3, 0.4) is 0 Å². The van der Waals surface area contributed by atoms with Crippen molar-refractivity contribution in [1.82, 2.24) is 15.1 Å². The van der Waals surface area contributed by atoms with E-state index in [4.69, 9.17) is 5.73 Å². The lowest BCUT2D eigenvalue weighted by atomic mass is 9.90. The van der Waals surface area contributed by atoms with Crippen LogP contribution in [0, 0.1) is 11.2 Å². The maximum Gasteiger partial charge on any atom is 0.257 e. The van der Waals surface area contributed by atoms with E-state index < -0.39 is 0 Å². The molecule has 1 aliphatic heterocycles. The third-order valence-electron chi connectivity index (χ3n) is 4.35. The zero-order valence-electron chi connectivity index (χ0n) is 12.9. The Kier molecular flexibility index (Phi) is 5.06. The Morgan fingerprint density at radius 3 is 2.87 bits per heavy atom. The van der Waals surface area contributed by atoms with Gasteiger partial charge in [-0.2, -0.15) is 5.10 Å². The van der Waals surface area contributed by atoms with Crippen LogP contribution >= 0.6 is 12.4 Å². The molecule has 0 aliphatic carbocycles. The quantitative estimate of drug-likeness (QED) is 0.902. The van der Waals surface area contributed by atoms with Crippen molar-refractivity contribution >= 4 is 18.3 Å². The van der Waals surface area contributed by atoms with E-state index in [0.717, 1.165) is 6.42 Å². The van der Waals surface area contributed by atoms with Crippen molar-refractivity contribution in [3.8, 4) is 11.3 Å². The molecule has 1 aliphatic rings. The van der Waals surface area contributed by atoms with Crippen LogP contribution in [0.15, 0.2) is 30.5 Å². The summed E-state index contributed by atoms with van der Waals surface area (Å²) in [5.74, 6) is -0.516. The minimum absolute atomic E-state index is 0. The number of amides is 1. The molecule has 0 radical (unpaired) electrons. The van der Waals surface area contributed by atoms with Gasteiger partial charge in [-0.05, 0) is 30.5 Å². The van der Waals surface area contributed by atoms with Crippen molar-refractivity contribution in [2.24, 2.45) is 11.1 Å². The van der Waals surface area contributed by atoms with E-state index in [0.29, 0.717) is 36.5 Å². The normalized spacial score (nSPS) is 20.4. The van der Waals surface area contributed by atoms with Crippen molar-refractivity contribution < 1.29 is 9.18 Å². The van der Waals surface area contributed by atoms with Gasteiger partial charge in [-0.1, -0.05) is 19.1 Å². The zero-order valence-corrected chi connectivity index (χ0v) is 13.7. The van der Waals surface area contributed by atoms with Crippen molar-refractivity contribution in [2.75, 3.05) is 19.6 Å². The van der Waals surface area contributed by atoms with E-state index in [1.165, 1.54) is 12.3 Å². The fraction of sp³-hybridized carbons (Fsp3) is 0.375. The number of likely N-dealkylation sites (tertiary alicyclic amines) is 1. The van der Waals surface area contributed by atoms with Crippen LogP contribution in [-0.4, -0.2) is 40.6 Å². The minimum atomic E-state index is -0.381. The Labute approximate surface area is 140 Å². The average molecular weight is 339 g/mol. The third kappa shape index (κ3) is 3.23. The van der Waals surface area contributed by atoms with Gasteiger partial charge < -0.3 is 10.6 Å². The number of hydrogen-bond donors (Lipinski definition) is 2. The molecule has 7 heteroatoms. The summed E-state index contributed by atoms with van der Waals surface area (Å²) in [5, 5.41) is 6.66. The Bertz CT molecular complexity index is 705. The molecule has 23 heavy (non-hydrogen) atoms. The highest BCUT2D eigenvalue weighted by Gasteiger charge is 2.36. The van der Waals surface area contributed by atoms with Gasteiger partial charge in [0.15, 0.2) is 0 Å². The lowest BCUT2D eigenvalue weighted by molar-refractivity contribution is 0.0777. The van der Waals surface area contributed by atoms with Crippen LogP contribution in [0.4, 0.5) is 4.39 Å². The fourth-order valence-electron chi connectivity index (χ4n) is 2.85. The largest absolute Gasteiger partial charge is 0.338 e. The maximum absolute atomic E-state index is 14.0. The van der Waals surface area contributed by atoms with Crippen molar-refractivity contribution in [2.45, 2.75) is 13.3 Å². The Balaban J connectivity index is 0.00000192. The number of nitrogens with zero attached hydrogens (tertiary/aromatic N) is 2. The van der Waals surface area contributed by atoms with E-state index in [2.05, 4.69) is 17.1 Å². The number of nitrogens with one attached hydrogen (secondary N) is 1. The number of aromatic nitrogens is 2. The first kappa shape index (κ1) is 17.4. The Morgan fingerprint density at radius 2 is 2.22 bits per heavy atom. The second-order valence-corrected chi connectivity index (χ2v) is 6.13. The van der Waals surface area contributed by atoms with Gasteiger partial charge in [0.2, 0.25) is 0 Å². The topological polar surface area (TPSA) is 75.0 Å². The monoisotopic (exact) mass is 338 g/mol. The van der Waals surface area contributed by atoms with Gasteiger partial charge in [0.05, 0.1) is 17.5 Å². The first-order chi connectivity index (χ1) is 10.5. The van der Waals surface area contributed by atoms with Gasteiger partial charge in [0.1, 0.15) is 5.82 Å². The first-order valence-electron chi connectivity index (χ1n) is 7.32. The van der Waals surface area contributed by atoms with Crippen LogP contribution < -0.4 is 5.73 Å². The third-order valence-corrected chi connectivity index (χ3v) is 4.35. The molecule has 1 amide bonds. The summed E-state index contributed by atoms with van der Waals surface area (Å²) in [6.07, 6.45) is 2.34. The van der Waals surface area contributed by atoms with Crippen molar-refractivity contribution in [3.05, 3.63) is 41.8 Å². The molecule has 3 N–H and O–H groups in total. The zero-order chi connectivity index (χ0) is 15.7. The number of carbonyl (C=O) groups is 1. The van der Waals surface area contributed by atoms with Crippen molar-refractivity contribution in [3.63, 3.8) is 0 Å². The second-order valence-electron chi connectivity index (χ2n) is 6.13. The van der Waals surface area contributed by atoms with Gasteiger partial charge >= 0.3 is 0 Å². The maximum atomic E-state index is 14.0. The van der Waals surface area contributed by atoms with Gasteiger partial charge in [0.25, 0.3) is 5.91 Å². The molecule has 1 fully saturated rings. The molecule has 2 heterocycles. The molecule has 2 aromatic rings. The Morgan fingerprint density at radius 1 is 1.48 bits per heavy atom. The predicted molar refractivity (Wildman–Crippen MR) is 88.9 cm³/mol. The van der Waals surface area contributed by atoms with Gasteiger partial charge in [-0.25, -0.2) is 4.39 Å². The number of nitrogens with two attached hydrogens (primary N) is 1. The molecule has 1 aromatic heterocycles. The smallest absolute Gasteiger partial charge is 0.257 e. The number of benzene rings is 1. The summed E-state index contributed by atoms with van der Waals surface area (Å²) < 4.78 is 14.0. The molecule has 0 bridgehead atoms. The number of aromatic amines is 1. The van der Waals surface area contributed by atoms with Crippen molar-refractivity contribution in [1.29, 1.82) is 0 Å². The molecule has 124 valence electrons. The van der Waals surface area contributed by atoms with E-state index in [-0.39, 0.29) is 29.5 Å². The first-order valence-corrected chi connectivity index (χ1v) is 7.32. The van der Waals surface area contributed by atoms with Crippen LogP contribution in [0.5, 0.6) is 0 Å². The second kappa shape index (κ2) is 6.68. The summed E-state index contributed by atoms with van der Waals surface area (Å²) in [4.78, 5) is 14.5. The number of halogens is 2. The van der Waals surface area contributed by atoms with E-state index in [1.807, 2.05) is 0 Å². The minimum Gasteiger partial charge on any atom is -0.338 e. The summed E-state index contributed by atoms with van der Waals surface area (Å²) in [6, 6.07) is 6.35. The fourth-order valence-corrected chi connectivity index (χ4v) is 2.85. The highest BCUT2D eigenvalue weighted by molar-refractivity contribution is 6.00. The molecule has 0 spiro atoms. The van der Waals surface area contributed by atoms with Crippen LogP contribution in [0.2, 0.25) is 0 Å². The van der Waals surface area contributed by atoms with Crippen LogP contribution in [-0.2, 0) is 0 Å². The summed E-state index contributed by atoms with van der Waals surface area (Å²) in [6.45, 7) is 3.90. The molecule has 1 unspecified atom stereocenters. The molecule has 0 saturated carbocycles. The molecule has 1 atom stereocenters. The molecular formula is C16H20ClFN4O. The average Bonchev–Trinajstić information content (AvgIpc) is 3.14. The number of carbonyl (C=O) groups excluding carboxylic acids is 1. The molecular weight excluding hydrogens is 319 g/mol. The highest BCUT2D eigenvalue weighted by Crippen LogP contribution is 2.31. The molecule has 1 saturated heterocycles. The SMILES string of the molecule is CC1(CN)CCN(C(=O)c2cn[nH]c2-c2ccccc2F)C1.Cl. The molecule has 3 rings (SSSR count). The number of H-pyrrole nitrogens is 1. The lowest BCUT2D eigenvalue weighted by Gasteiger charge is -2.22. The van der Waals surface area contributed by atoms with Gasteiger partial charge in [-0.15, -0.1) is 12.4 Å². The van der Waals surface area contributed by atoms with E-state index >= 15 is 0 Å². The summed E-state index contributed by atoms with van der Waals surface area (Å²) >= 11 is 0. The lowest BCUT2D eigenvalue weighted by Crippen LogP contribution is -2.34. The van der Waals surface area contributed by atoms with E-state index in [1.54, 1.807) is 23.1 Å². The predicted octanol–water partition coefficient (Wildman–Crippen LogP) is 2.45. The van der Waals surface area contributed by atoms with Crippen LogP contribution in [0.25, 0.3) is 11.3 Å².